The Bertz CT molecular complexity index is 716. The van der Waals surface area contributed by atoms with Crippen LogP contribution in [0.15, 0.2) is 35.6 Å². The molecule has 3 rings (SSSR count). The number of hydrogen-bond acceptors (Lipinski definition) is 4. The van der Waals surface area contributed by atoms with Crippen LogP contribution < -0.4 is 0 Å². The lowest BCUT2D eigenvalue weighted by Crippen LogP contribution is -2.39. The minimum Gasteiger partial charge on any atom is -0.337 e. The van der Waals surface area contributed by atoms with Crippen LogP contribution in [0, 0.1) is 0 Å². The van der Waals surface area contributed by atoms with Crippen LogP contribution in [0.5, 0.6) is 0 Å². The molecule has 1 aliphatic rings. The molecule has 1 aliphatic heterocycles. The zero-order chi connectivity index (χ0) is 14.7. The lowest BCUT2D eigenvalue weighted by atomic mass is 10.1. The molecule has 1 amide bonds. The van der Waals surface area contributed by atoms with Gasteiger partial charge in [0.25, 0.3) is 5.91 Å². The summed E-state index contributed by atoms with van der Waals surface area (Å²) >= 11 is 0. The van der Waals surface area contributed by atoms with Gasteiger partial charge in [0.15, 0.2) is 0 Å². The van der Waals surface area contributed by atoms with Crippen molar-refractivity contribution in [1.82, 2.24) is 14.9 Å². The van der Waals surface area contributed by atoms with E-state index in [-0.39, 0.29) is 11.9 Å². The summed E-state index contributed by atoms with van der Waals surface area (Å²) in [7, 11) is 0. The van der Waals surface area contributed by atoms with Gasteiger partial charge in [-0.05, 0) is 30.5 Å². The van der Waals surface area contributed by atoms with Crippen molar-refractivity contribution in [3.8, 4) is 0 Å². The fourth-order valence-corrected chi connectivity index (χ4v) is 2.48. The predicted molar refractivity (Wildman–Crippen MR) is 77.6 cm³/mol. The molecule has 1 fully saturated rings. The van der Waals surface area contributed by atoms with Crippen LogP contribution in [0.2, 0.25) is 0 Å². The molecule has 1 aromatic carbocycles. The van der Waals surface area contributed by atoms with Gasteiger partial charge < -0.3 is 4.90 Å². The van der Waals surface area contributed by atoms with Gasteiger partial charge in [-0.1, -0.05) is 17.2 Å². The summed E-state index contributed by atoms with van der Waals surface area (Å²) < 4.78 is 0. The maximum absolute atomic E-state index is 12.4. The second kappa shape index (κ2) is 5.76. The molecule has 1 saturated heterocycles. The van der Waals surface area contributed by atoms with Crippen molar-refractivity contribution in [3.05, 3.63) is 46.6 Å². The second-order valence-corrected chi connectivity index (χ2v) is 4.97. The number of carbonyl (C=O) groups is 1. The Balaban J connectivity index is 1.76. The normalized spacial score (nSPS) is 15.7. The molecule has 7 heteroatoms. The summed E-state index contributed by atoms with van der Waals surface area (Å²) in [5, 5.41) is 3.71. The van der Waals surface area contributed by atoms with E-state index in [0.717, 1.165) is 5.52 Å². The largest absolute Gasteiger partial charge is 0.337 e. The van der Waals surface area contributed by atoms with Gasteiger partial charge in [-0.3, -0.25) is 9.78 Å². The second-order valence-electron chi connectivity index (χ2n) is 4.97. The zero-order valence-corrected chi connectivity index (χ0v) is 11.4. The highest BCUT2D eigenvalue weighted by atomic mass is 16.2. The van der Waals surface area contributed by atoms with Crippen molar-refractivity contribution in [2.45, 2.75) is 18.9 Å². The number of nitrogens with zero attached hydrogens (tertiary/aromatic N) is 6. The van der Waals surface area contributed by atoms with Gasteiger partial charge in [0, 0.05) is 24.0 Å². The van der Waals surface area contributed by atoms with Crippen LogP contribution in [0.3, 0.4) is 0 Å². The number of para-hydroxylation sites is 2. The SMILES string of the molecule is [N-]=[N+]=NC1CCN(C(=O)c2cnc3ccccc3n2)CC1. The average Bonchev–Trinajstić information content (AvgIpc) is 2.55. The van der Waals surface area contributed by atoms with Crippen LogP contribution in [0.25, 0.3) is 21.5 Å². The number of piperidine rings is 1. The Morgan fingerprint density at radius 2 is 2.00 bits per heavy atom. The molecular weight excluding hydrogens is 268 g/mol. The summed E-state index contributed by atoms with van der Waals surface area (Å²) in [6, 6.07) is 7.45. The first kappa shape index (κ1) is 13.3. The van der Waals surface area contributed by atoms with E-state index in [1.165, 1.54) is 6.20 Å². The summed E-state index contributed by atoms with van der Waals surface area (Å²) in [5.74, 6) is -0.118. The zero-order valence-electron chi connectivity index (χ0n) is 11.4. The number of aromatic nitrogens is 2. The quantitative estimate of drug-likeness (QED) is 0.481. The Morgan fingerprint density at radius 3 is 2.71 bits per heavy atom. The molecule has 0 unspecified atom stereocenters. The van der Waals surface area contributed by atoms with Gasteiger partial charge in [0.05, 0.1) is 17.2 Å². The molecule has 0 N–H and O–H groups in total. The van der Waals surface area contributed by atoms with Gasteiger partial charge in [-0.2, -0.15) is 0 Å². The molecule has 7 nitrogen and oxygen atoms in total. The van der Waals surface area contributed by atoms with Gasteiger partial charge in [0.2, 0.25) is 0 Å². The molecular formula is C14H14N6O. The van der Waals surface area contributed by atoms with E-state index in [9.17, 15) is 4.79 Å². The minimum atomic E-state index is -0.118. The molecule has 2 heterocycles. The van der Waals surface area contributed by atoms with Crippen molar-refractivity contribution < 1.29 is 4.79 Å². The first-order valence-corrected chi connectivity index (χ1v) is 6.83. The number of azide groups is 1. The molecule has 0 bridgehead atoms. The molecule has 0 radical (unpaired) electrons. The lowest BCUT2D eigenvalue weighted by molar-refractivity contribution is 0.0709. The fourth-order valence-electron chi connectivity index (χ4n) is 2.48. The van der Waals surface area contributed by atoms with Crippen molar-refractivity contribution >= 4 is 16.9 Å². The molecule has 0 saturated carbocycles. The van der Waals surface area contributed by atoms with Crippen LogP contribution in [0.1, 0.15) is 23.3 Å². The molecule has 1 aromatic heterocycles. The van der Waals surface area contributed by atoms with E-state index in [2.05, 4.69) is 20.0 Å². The molecule has 2 aromatic rings. The van der Waals surface area contributed by atoms with Crippen molar-refractivity contribution in [2.75, 3.05) is 13.1 Å². The topological polar surface area (TPSA) is 94.9 Å². The summed E-state index contributed by atoms with van der Waals surface area (Å²) in [4.78, 5) is 25.6. The third-order valence-corrected chi connectivity index (χ3v) is 3.63. The van der Waals surface area contributed by atoms with Crippen LogP contribution in [0.4, 0.5) is 0 Å². The predicted octanol–water partition coefficient (Wildman–Crippen LogP) is 2.54. The molecule has 0 spiro atoms. The molecule has 0 aliphatic carbocycles. The number of hydrogen-bond donors (Lipinski definition) is 0. The van der Waals surface area contributed by atoms with Gasteiger partial charge in [-0.25, -0.2) is 4.98 Å². The maximum atomic E-state index is 12.4. The van der Waals surface area contributed by atoms with Crippen LogP contribution in [-0.4, -0.2) is 39.9 Å². The molecule has 106 valence electrons. The smallest absolute Gasteiger partial charge is 0.274 e. The average molecular weight is 282 g/mol. The van der Waals surface area contributed by atoms with E-state index >= 15 is 0 Å². The van der Waals surface area contributed by atoms with Crippen molar-refractivity contribution in [1.29, 1.82) is 0 Å². The standard InChI is InChI=1S/C14H14N6O/c15-19-18-10-5-7-20(8-6-10)14(21)13-9-16-11-3-1-2-4-12(11)17-13/h1-4,9-10H,5-8H2. The third kappa shape index (κ3) is 2.78. The highest BCUT2D eigenvalue weighted by Gasteiger charge is 2.24. The number of carbonyl (C=O) groups excluding carboxylic acids is 1. The van der Waals surface area contributed by atoms with E-state index in [1.54, 1.807) is 4.90 Å². The molecule has 0 atom stereocenters. The summed E-state index contributed by atoms with van der Waals surface area (Å²) in [5.41, 5.74) is 10.3. The van der Waals surface area contributed by atoms with Crippen LogP contribution in [-0.2, 0) is 0 Å². The molecule has 21 heavy (non-hydrogen) atoms. The number of fused-ring (bicyclic) bond motifs is 1. The highest BCUT2D eigenvalue weighted by Crippen LogP contribution is 2.16. The van der Waals surface area contributed by atoms with Gasteiger partial charge in [0.1, 0.15) is 5.69 Å². The first-order valence-electron chi connectivity index (χ1n) is 6.83. The first-order chi connectivity index (χ1) is 10.3. The van der Waals surface area contributed by atoms with Gasteiger partial charge in [-0.15, -0.1) is 0 Å². The number of amides is 1. The Hall–Kier alpha value is -2.66. The van der Waals surface area contributed by atoms with E-state index in [0.29, 0.717) is 37.1 Å². The van der Waals surface area contributed by atoms with E-state index < -0.39 is 0 Å². The lowest BCUT2D eigenvalue weighted by Gasteiger charge is -2.29. The monoisotopic (exact) mass is 282 g/mol. The van der Waals surface area contributed by atoms with Crippen molar-refractivity contribution in [3.63, 3.8) is 0 Å². The summed E-state index contributed by atoms with van der Waals surface area (Å²) in [6.45, 7) is 1.16. The highest BCUT2D eigenvalue weighted by molar-refractivity contribution is 5.93. The third-order valence-electron chi connectivity index (χ3n) is 3.63. The summed E-state index contributed by atoms with van der Waals surface area (Å²) in [6.07, 6.45) is 2.90. The van der Waals surface area contributed by atoms with E-state index in [4.69, 9.17) is 5.53 Å². The Labute approximate surface area is 121 Å². The number of benzene rings is 1. The fraction of sp³-hybridized carbons (Fsp3) is 0.357. The number of rotatable bonds is 2. The van der Waals surface area contributed by atoms with Crippen LogP contribution >= 0.6 is 0 Å². The van der Waals surface area contributed by atoms with E-state index in [1.807, 2.05) is 24.3 Å². The Morgan fingerprint density at radius 1 is 1.29 bits per heavy atom. The number of likely N-dealkylation sites (tertiary alicyclic amines) is 1. The van der Waals surface area contributed by atoms with Crippen molar-refractivity contribution in [2.24, 2.45) is 5.11 Å². The maximum Gasteiger partial charge on any atom is 0.274 e. The minimum absolute atomic E-state index is 0.0123. The van der Waals surface area contributed by atoms with Gasteiger partial charge >= 0.3 is 0 Å². The Kier molecular flexibility index (Phi) is 3.66.